The molecule has 1 aromatic rings. The first kappa shape index (κ1) is 14.9. The number of carboxylic acid groups (broad SMARTS) is 1. The summed E-state index contributed by atoms with van der Waals surface area (Å²) in [7, 11) is 0. The number of carbonyl (C=O) groups excluding carboxylic acids is 1. The number of anilines is 1. The van der Waals surface area contributed by atoms with Crippen molar-refractivity contribution < 1.29 is 23.5 Å². The van der Waals surface area contributed by atoms with E-state index in [1.165, 1.54) is 12.1 Å². The van der Waals surface area contributed by atoms with Gasteiger partial charge in [-0.05, 0) is 18.1 Å². The fourth-order valence-corrected chi connectivity index (χ4v) is 1.40. The van der Waals surface area contributed by atoms with Crippen LogP contribution in [0.4, 0.5) is 19.3 Å². The molecule has 7 heteroatoms. The number of carboxylic acids is 1. The standard InChI is InChI=1S/C12H14F2N2O3/c1-7(5-10(17)18)6-15-12(19)16-9-4-2-3-8(13)11(9)14/h2-4,7H,5-6H2,1H3,(H,17,18)(H2,15,16,19). The number of urea groups is 1. The van der Waals surface area contributed by atoms with E-state index < -0.39 is 23.6 Å². The van der Waals surface area contributed by atoms with Gasteiger partial charge in [-0.2, -0.15) is 0 Å². The summed E-state index contributed by atoms with van der Waals surface area (Å²) in [5.74, 6) is -3.43. The van der Waals surface area contributed by atoms with Gasteiger partial charge in [0.15, 0.2) is 11.6 Å². The molecule has 1 aromatic carbocycles. The van der Waals surface area contributed by atoms with Crippen LogP contribution in [0.5, 0.6) is 0 Å². The van der Waals surface area contributed by atoms with Crippen molar-refractivity contribution in [1.82, 2.24) is 5.32 Å². The number of amides is 2. The van der Waals surface area contributed by atoms with Crippen molar-refractivity contribution in [2.45, 2.75) is 13.3 Å². The molecule has 0 saturated carbocycles. The van der Waals surface area contributed by atoms with Gasteiger partial charge in [-0.1, -0.05) is 13.0 Å². The minimum absolute atomic E-state index is 0.0887. The molecule has 2 amide bonds. The topological polar surface area (TPSA) is 78.4 Å². The average molecular weight is 272 g/mol. The first-order chi connectivity index (χ1) is 8.90. The molecule has 1 rings (SSSR count). The molecule has 0 radical (unpaired) electrons. The second-order valence-corrected chi connectivity index (χ2v) is 4.14. The van der Waals surface area contributed by atoms with Crippen LogP contribution in [-0.4, -0.2) is 23.7 Å². The Kier molecular flexibility index (Phi) is 5.23. The Bertz CT molecular complexity index is 480. The molecule has 0 bridgehead atoms. The van der Waals surface area contributed by atoms with Crippen LogP contribution < -0.4 is 10.6 Å². The summed E-state index contributed by atoms with van der Waals surface area (Å²) in [4.78, 5) is 21.8. The van der Waals surface area contributed by atoms with Gasteiger partial charge < -0.3 is 15.7 Å². The van der Waals surface area contributed by atoms with E-state index in [9.17, 15) is 18.4 Å². The molecule has 0 spiro atoms. The van der Waals surface area contributed by atoms with Crippen LogP contribution in [-0.2, 0) is 4.79 Å². The maximum Gasteiger partial charge on any atom is 0.319 e. The van der Waals surface area contributed by atoms with E-state index in [0.29, 0.717) is 0 Å². The third-order valence-electron chi connectivity index (χ3n) is 2.33. The van der Waals surface area contributed by atoms with E-state index in [0.717, 1.165) is 6.07 Å². The first-order valence-corrected chi connectivity index (χ1v) is 5.60. The average Bonchev–Trinajstić information content (AvgIpc) is 2.32. The van der Waals surface area contributed by atoms with Crippen molar-refractivity contribution >= 4 is 17.7 Å². The number of halogens is 2. The number of benzene rings is 1. The zero-order valence-corrected chi connectivity index (χ0v) is 10.2. The molecule has 0 heterocycles. The molecule has 0 saturated heterocycles. The molecule has 104 valence electrons. The molecule has 5 nitrogen and oxygen atoms in total. The van der Waals surface area contributed by atoms with Crippen molar-refractivity contribution in [2.24, 2.45) is 5.92 Å². The number of nitrogens with one attached hydrogen (secondary N) is 2. The normalized spacial score (nSPS) is 11.7. The van der Waals surface area contributed by atoms with E-state index in [2.05, 4.69) is 10.6 Å². The number of hydrogen-bond donors (Lipinski definition) is 3. The molecule has 0 aliphatic rings. The summed E-state index contributed by atoms with van der Waals surface area (Å²) >= 11 is 0. The van der Waals surface area contributed by atoms with Crippen molar-refractivity contribution in [3.05, 3.63) is 29.8 Å². The zero-order valence-electron chi connectivity index (χ0n) is 10.2. The summed E-state index contributed by atoms with van der Waals surface area (Å²) in [6, 6.07) is 2.70. The second kappa shape index (κ2) is 6.67. The molecule has 0 fully saturated rings. The van der Waals surface area contributed by atoms with Crippen molar-refractivity contribution in [2.75, 3.05) is 11.9 Å². The van der Waals surface area contributed by atoms with Gasteiger partial charge in [-0.25, -0.2) is 13.6 Å². The molecule has 1 unspecified atom stereocenters. The fraction of sp³-hybridized carbons (Fsp3) is 0.333. The summed E-state index contributed by atoms with van der Waals surface area (Å²) in [6.45, 7) is 1.77. The number of carbonyl (C=O) groups is 2. The predicted molar refractivity (Wildman–Crippen MR) is 64.8 cm³/mol. The maximum absolute atomic E-state index is 13.2. The van der Waals surface area contributed by atoms with Gasteiger partial charge >= 0.3 is 12.0 Å². The molecular weight excluding hydrogens is 258 g/mol. The lowest BCUT2D eigenvalue weighted by Crippen LogP contribution is -2.33. The van der Waals surface area contributed by atoms with E-state index in [4.69, 9.17) is 5.11 Å². The first-order valence-electron chi connectivity index (χ1n) is 5.60. The van der Waals surface area contributed by atoms with Crippen LogP contribution in [0.15, 0.2) is 18.2 Å². The monoisotopic (exact) mass is 272 g/mol. The van der Waals surface area contributed by atoms with Crippen molar-refractivity contribution in [3.8, 4) is 0 Å². The molecule has 3 N–H and O–H groups in total. The Morgan fingerprint density at radius 1 is 1.37 bits per heavy atom. The second-order valence-electron chi connectivity index (χ2n) is 4.14. The van der Waals surface area contributed by atoms with Gasteiger partial charge in [0.1, 0.15) is 0 Å². The SMILES string of the molecule is CC(CNC(=O)Nc1cccc(F)c1F)CC(=O)O. The van der Waals surface area contributed by atoms with Crippen LogP contribution in [0.1, 0.15) is 13.3 Å². The van der Waals surface area contributed by atoms with Gasteiger partial charge in [-0.3, -0.25) is 4.79 Å². The Morgan fingerprint density at radius 2 is 2.05 bits per heavy atom. The fourth-order valence-electron chi connectivity index (χ4n) is 1.40. The molecule has 0 aliphatic carbocycles. The quantitative estimate of drug-likeness (QED) is 0.768. The van der Waals surface area contributed by atoms with Crippen molar-refractivity contribution in [1.29, 1.82) is 0 Å². The lowest BCUT2D eigenvalue weighted by molar-refractivity contribution is -0.137. The Labute approximate surface area is 108 Å². The zero-order chi connectivity index (χ0) is 14.4. The van der Waals surface area contributed by atoms with Crippen LogP contribution >= 0.6 is 0 Å². The highest BCUT2D eigenvalue weighted by Gasteiger charge is 2.12. The Balaban J connectivity index is 2.47. The third-order valence-corrected chi connectivity index (χ3v) is 2.33. The third kappa shape index (κ3) is 4.90. The van der Waals surface area contributed by atoms with Gasteiger partial charge in [0.2, 0.25) is 0 Å². The molecule has 19 heavy (non-hydrogen) atoms. The van der Waals surface area contributed by atoms with E-state index >= 15 is 0 Å². The van der Waals surface area contributed by atoms with Gasteiger partial charge in [0, 0.05) is 13.0 Å². The minimum atomic E-state index is -1.14. The Hall–Kier alpha value is -2.18. The predicted octanol–water partition coefficient (Wildman–Crippen LogP) is 2.20. The summed E-state index contributed by atoms with van der Waals surface area (Å²) in [5.41, 5.74) is -0.275. The van der Waals surface area contributed by atoms with Gasteiger partial charge in [0.25, 0.3) is 0 Å². The van der Waals surface area contributed by atoms with E-state index in [-0.39, 0.29) is 24.6 Å². The van der Waals surface area contributed by atoms with Crippen molar-refractivity contribution in [3.63, 3.8) is 0 Å². The highest BCUT2D eigenvalue weighted by molar-refractivity contribution is 5.89. The number of aliphatic carboxylic acids is 1. The van der Waals surface area contributed by atoms with Gasteiger partial charge in [-0.15, -0.1) is 0 Å². The van der Waals surface area contributed by atoms with Crippen LogP contribution in [0.2, 0.25) is 0 Å². The highest BCUT2D eigenvalue weighted by Crippen LogP contribution is 2.16. The lowest BCUT2D eigenvalue weighted by atomic mass is 10.1. The summed E-state index contributed by atoms with van der Waals surface area (Å²) in [5, 5.41) is 13.1. The smallest absolute Gasteiger partial charge is 0.319 e. The van der Waals surface area contributed by atoms with E-state index in [1.807, 2.05) is 0 Å². The van der Waals surface area contributed by atoms with Crippen LogP contribution in [0.25, 0.3) is 0 Å². The lowest BCUT2D eigenvalue weighted by Gasteiger charge is -2.11. The van der Waals surface area contributed by atoms with Crippen LogP contribution in [0, 0.1) is 17.6 Å². The summed E-state index contributed by atoms with van der Waals surface area (Å²) in [6.07, 6.45) is -0.0887. The van der Waals surface area contributed by atoms with Gasteiger partial charge in [0.05, 0.1) is 5.69 Å². The number of rotatable bonds is 5. The largest absolute Gasteiger partial charge is 0.481 e. The summed E-state index contributed by atoms with van der Waals surface area (Å²) < 4.78 is 26.1. The maximum atomic E-state index is 13.2. The molecular formula is C12H14F2N2O3. The Morgan fingerprint density at radius 3 is 2.68 bits per heavy atom. The van der Waals surface area contributed by atoms with E-state index in [1.54, 1.807) is 6.92 Å². The van der Waals surface area contributed by atoms with Crippen LogP contribution in [0.3, 0.4) is 0 Å². The molecule has 1 atom stereocenters. The number of hydrogen-bond acceptors (Lipinski definition) is 2. The molecule has 0 aromatic heterocycles. The minimum Gasteiger partial charge on any atom is -0.481 e. The molecule has 0 aliphatic heterocycles. The highest BCUT2D eigenvalue weighted by atomic mass is 19.2.